The Balaban J connectivity index is 4.61. The lowest BCUT2D eigenvalue weighted by molar-refractivity contribution is -0.130. The summed E-state index contributed by atoms with van der Waals surface area (Å²) in [7, 11) is -2.97. The predicted octanol–water partition coefficient (Wildman–Crippen LogP) is 1.89. The Morgan fingerprint density at radius 3 is 2.00 bits per heavy atom. The third-order valence-corrected chi connectivity index (χ3v) is 4.70. The lowest BCUT2D eigenvalue weighted by Crippen LogP contribution is -2.51. The van der Waals surface area contributed by atoms with Crippen molar-refractivity contribution in [3.63, 3.8) is 0 Å². The molecule has 0 saturated carbocycles. The molecule has 0 spiro atoms. The molecule has 1 unspecified atom stereocenters. The number of hydrogen-bond donors (Lipinski definition) is 0. The van der Waals surface area contributed by atoms with Gasteiger partial charge in [-0.25, -0.2) is 8.42 Å². The maximum Gasteiger partial charge on any atom is 0.152 e. The van der Waals surface area contributed by atoms with Gasteiger partial charge in [-0.05, 0) is 32.9 Å². The Labute approximate surface area is 112 Å². The van der Waals surface area contributed by atoms with E-state index in [1.165, 1.54) is 6.26 Å². The van der Waals surface area contributed by atoms with Crippen LogP contribution >= 0.6 is 0 Å². The number of rotatable bonds is 9. The van der Waals surface area contributed by atoms with Gasteiger partial charge in [0.25, 0.3) is 0 Å². The molecular weight excluding hydrogens is 250 g/mol. The fourth-order valence-corrected chi connectivity index (χ4v) is 2.95. The second-order valence-electron chi connectivity index (χ2n) is 4.96. The van der Waals surface area contributed by atoms with Crippen LogP contribution in [-0.4, -0.2) is 49.7 Å². The van der Waals surface area contributed by atoms with Crippen molar-refractivity contribution in [1.29, 1.82) is 0 Å². The minimum Gasteiger partial charge on any atom is -0.298 e. The van der Waals surface area contributed by atoms with Crippen LogP contribution in [0.2, 0.25) is 0 Å². The molecule has 0 heterocycles. The Hall–Kier alpha value is -0.420. The molecule has 1 atom stereocenters. The maximum atomic E-state index is 12.3. The van der Waals surface area contributed by atoms with Gasteiger partial charge in [-0.2, -0.15) is 0 Å². The maximum absolute atomic E-state index is 12.3. The molecule has 0 aliphatic rings. The number of sulfone groups is 1. The summed E-state index contributed by atoms with van der Waals surface area (Å²) in [5, 5.41) is 0. The summed E-state index contributed by atoms with van der Waals surface area (Å²) in [5.74, 6) is 0.244. The van der Waals surface area contributed by atoms with Crippen LogP contribution in [-0.2, 0) is 14.6 Å². The summed E-state index contributed by atoms with van der Waals surface area (Å²) < 4.78 is 22.1. The number of carbonyl (C=O) groups is 1. The normalized spacial score (nSPS) is 15.7. The third kappa shape index (κ3) is 5.06. The van der Waals surface area contributed by atoms with Crippen molar-refractivity contribution >= 4 is 15.6 Å². The second-order valence-corrected chi connectivity index (χ2v) is 7.22. The van der Waals surface area contributed by atoms with Crippen LogP contribution in [0, 0.1) is 0 Å². The number of likely N-dealkylation sites (N-methyl/N-ethyl adjacent to an activating group) is 1. The smallest absolute Gasteiger partial charge is 0.152 e. The topological polar surface area (TPSA) is 54.5 Å². The fraction of sp³-hybridized carbons (Fsp3) is 0.923. The summed E-state index contributed by atoms with van der Waals surface area (Å²) in [6, 6.07) is 0. The molecule has 0 aromatic rings. The number of Topliss-reactive ketones (excluding diaryl/α,β-unsaturated/α-hetero) is 1. The molecular formula is C13H27NO3S. The molecule has 0 fully saturated rings. The highest BCUT2D eigenvalue weighted by Crippen LogP contribution is 2.22. The molecule has 0 aromatic carbocycles. The van der Waals surface area contributed by atoms with E-state index in [-0.39, 0.29) is 11.5 Å². The molecule has 5 heteroatoms. The van der Waals surface area contributed by atoms with Gasteiger partial charge in [0.2, 0.25) is 0 Å². The average molecular weight is 277 g/mol. The molecule has 0 saturated heterocycles. The first-order valence-corrected chi connectivity index (χ1v) is 8.73. The largest absolute Gasteiger partial charge is 0.298 e. The summed E-state index contributed by atoms with van der Waals surface area (Å²) >= 11 is 0. The Morgan fingerprint density at radius 1 is 1.17 bits per heavy atom. The molecule has 0 bridgehead atoms. The van der Waals surface area contributed by atoms with Gasteiger partial charge in [-0.3, -0.25) is 9.69 Å². The number of ketones is 1. The van der Waals surface area contributed by atoms with Gasteiger partial charge in [-0.15, -0.1) is 0 Å². The van der Waals surface area contributed by atoms with Crippen molar-refractivity contribution in [2.75, 3.05) is 25.1 Å². The van der Waals surface area contributed by atoms with Crippen molar-refractivity contribution in [2.45, 2.75) is 52.5 Å². The quantitative estimate of drug-likeness (QED) is 0.646. The van der Waals surface area contributed by atoms with Crippen molar-refractivity contribution in [3.05, 3.63) is 0 Å². The van der Waals surface area contributed by atoms with Crippen LogP contribution in [0.3, 0.4) is 0 Å². The number of carbonyl (C=O) groups excluding carboxylic acids is 1. The van der Waals surface area contributed by atoms with E-state index in [1.807, 2.05) is 27.7 Å². The van der Waals surface area contributed by atoms with E-state index in [0.29, 0.717) is 12.8 Å². The molecule has 0 aliphatic heterocycles. The summed E-state index contributed by atoms with van der Waals surface area (Å²) in [6.45, 7) is 9.72. The van der Waals surface area contributed by atoms with Gasteiger partial charge < -0.3 is 0 Å². The summed E-state index contributed by atoms with van der Waals surface area (Å²) in [6.07, 6.45) is 2.73. The van der Waals surface area contributed by atoms with Crippen LogP contribution in [0.5, 0.6) is 0 Å². The highest BCUT2D eigenvalue weighted by Gasteiger charge is 2.35. The first kappa shape index (κ1) is 17.6. The molecule has 108 valence electrons. The van der Waals surface area contributed by atoms with Crippen LogP contribution in [0.1, 0.15) is 47.0 Å². The lowest BCUT2D eigenvalue weighted by Gasteiger charge is -2.38. The zero-order valence-corrected chi connectivity index (χ0v) is 13.1. The minimum atomic E-state index is -2.97. The SMILES string of the molecule is CCN(CC)C(C)(CC)C(=O)CCCS(C)(=O)=O. The molecule has 0 amide bonds. The summed E-state index contributed by atoms with van der Waals surface area (Å²) in [5.41, 5.74) is -0.457. The zero-order valence-electron chi connectivity index (χ0n) is 12.3. The van der Waals surface area contributed by atoms with E-state index in [0.717, 1.165) is 19.5 Å². The molecule has 4 nitrogen and oxygen atoms in total. The van der Waals surface area contributed by atoms with E-state index in [2.05, 4.69) is 4.90 Å². The highest BCUT2D eigenvalue weighted by atomic mass is 32.2. The van der Waals surface area contributed by atoms with Crippen molar-refractivity contribution in [3.8, 4) is 0 Å². The Bertz CT molecular complexity index is 360. The van der Waals surface area contributed by atoms with Gasteiger partial charge in [0, 0.05) is 12.7 Å². The van der Waals surface area contributed by atoms with Gasteiger partial charge in [0.15, 0.2) is 5.78 Å². The fourth-order valence-electron chi connectivity index (χ4n) is 2.28. The van der Waals surface area contributed by atoms with Gasteiger partial charge in [0.1, 0.15) is 9.84 Å². The number of nitrogens with zero attached hydrogens (tertiary/aromatic N) is 1. The second kappa shape index (κ2) is 7.24. The molecule has 18 heavy (non-hydrogen) atoms. The lowest BCUT2D eigenvalue weighted by atomic mass is 9.88. The van der Waals surface area contributed by atoms with E-state index in [1.54, 1.807) is 0 Å². The van der Waals surface area contributed by atoms with Gasteiger partial charge in [0.05, 0.1) is 11.3 Å². The molecule has 0 N–H and O–H groups in total. The molecule has 0 rings (SSSR count). The third-order valence-electron chi connectivity index (χ3n) is 3.67. The standard InChI is InChI=1S/C13H27NO3S/c1-6-13(4,14(7-2)8-3)12(15)10-9-11-18(5,16)17/h6-11H2,1-5H3. The minimum absolute atomic E-state index is 0.0940. The van der Waals surface area contributed by atoms with E-state index < -0.39 is 15.4 Å². The monoisotopic (exact) mass is 277 g/mol. The molecule has 0 aromatic heterocycles. The van der Waals surface area contributed by atoms with Crippen LogP contribution < -0.4 is 0 Å². The predicted molar refractivity (Wildman–Crippen MR) is 75.6 cm³/mol. The average Bonchev–Trinajstić information content (AvgIpc) is 2.28. The van der Waals surface area contributed by atoms with Gasteiger partial charge >= 0.3 is 0 Å². The van der Waals surface area contributed by atoms with Crippen molar-refractivity contribution in [1.82, 2.24) is 4.90 Å². The van der Waals surface area contributed by atoms with E-state index in [9.17, 15) is 13.2 Å². The first-order valence-electron chi connectivity index (χ1n) is 6.67. The van der Waals surface area contributed by atoms with Crippen LogP contribution in [0.4, 0.5) is 0 Å². The van der Waals surface area contributed by atoms with Crippen molar-refractivity contribution in [2.24, 2.45) is 0 Å². The van der Waals surface area contributed by atoms with E-state index >= 15 is 0 Å². The number of hydrogen-bond acceptors (Lipinski definition) is 4. The van der Waals surface area contributed by atoms with Crippen LogP contribution in [0.15, 0.2) is 0 Å². The van der Waals surface area contributed by atoms with Crippen molar-refractivity contribution < 1.29 is 13.2 Å². The Kier molecular flexibility index (Phi) is 7.07. The van der Waals surface area contributed by atoms with Gasteiger partial charge in [-0.1, -0.05) is 20.8 Å². The summed E-state index contributed by atoms with van der Waals surface area (Å²) in [4.78, 5) is 14.5. The zero-order chi connectivity index (χ0) is 14.4. The molecule has 0 aliphatic carbocycles. The van der Waals surface area contributed by atoms with Crippen LogP contribution in [0.25, 0.3) is 0 Å². The highest BCUT2D eigenvalue weighted by molar-refractivity contribution is 7.90. The Morgan fingerprint density at radius 2 is 1.67 bits per heavy atom. The first-order chi connectivity index (χ1) is 8.21. The van der Waals surface area contributed by atoms with E-state index in [4.69, 9.17) is 0 Å². The molecule has 0 radical (unpaired) electrons.